The van der Waals surface area contributed by atoms with Crippen LogP contribution in [0, 0.1) is 13.8 Å². The molecule has 1 heterocycles. The number of para-hydroxylation sites is 2. The van der Waals surface area contributed by atoms with E-state index in [2.05, 4.69) is 46.9 Å². The molecule has 0 saturated carbocycles. The van der Waals surface area contributed by atoms with E-state index >= 15 is 0 Å². The molecule has 5 aromatic rings. The lowest BCUT2D eigenvalue weighted by Crippen LogP contribution is -1.96. The third-order valence-electron chi connectivity index (χ3n) is 5.57. The van der Waals surface area contributed by atoms with Gasteiger partial charge in [-0.2, -0.15) is 0 Å². The van der Waals surface area contributed by atoms with Gasteiger partial charge >= 0.3 is 0 Å². The lowest BCUT2D eigenvalue weighted by Gasteiger charge is -2.12. The maximum Gasteiger partial charge on any atom is 0.129 e. The Kier molecular flexibility index (Phi) is 5.00. The van der Waals surface area contributed by atoms with Crippen LogP contribution in [0.25, 0.3) is 16.7 Å². The summed E-state index contributed by atoms with van der Waals surface area (Å²) in [5, 5.41) is 3.34. The van der Waals surface area contributed by atoms with Gasteiger partial charge in [0, 0.05) is 17.8 Å². The Labute approximate surface area is 187 Å². The first kappa shape index (κ1) is 19.7. The number of aryl methyl sites for hydroxylation is 2. The van der Waals surface area contributed by atoms with E-state index in [1.54, 1.807) is 0 Å². The Morgan fingerprint density at radius 3 is 2.41 bits per heavy atom. The van der Waals surface area contributed by atoms with Crippen LogP contribution < -0.4 is 15.8 Å². The average molecular weight is 421 g/mol. The molecule has 0 amide bonds. The van der Waals surface area contributed by atoms with Crippen LogP contribution in [-0.4, -0.2) is 9.55 Å². The highest BCUT2D eigenvalue weighted by Gasteiger charge is 2.08. The van der Waals surface area contributed by atoms with Crippen LogP contribution in [0.3, 0.4) is 0 Å². The third-order valence-corrected chi connectivity index (χ3v) is 5.57. The van der Waals surface area contributed by atoms with Crippen molar-refractivity contribution in [3.63, 3.8) is 0 Å². The summed E-state index contributed by atoms with van der Waals surface area (Å²) in [5.74, 6) is 1.49. The monoisotopic (exact) mass is 420 g/mol. The molecule has 0 bridgehead atoms. The topological polar surface area (TPSA) is 65.1 Å². The number of anilines is 3. The maximum atomic E-state index is 6.18. The SMILES string of the molecule is Cc1cc2ncn(-c3cccc(Oc4cccc(Nc5ccccc5N)c4)c3)c2cc1C. The van der Waals surface area contributed by atoms with Crippen molar-refractivity contribution in [1.82, 2.24) is 9.55 Å². The summed E-state index contributed by atoms with van der Waals surface area (Å²) in [6.45, 7) is 4.23. The first-order chi connectivity index (χ1) is 15.6. The van der Waals surface area contributed by atoms with E-state index in [1.807, 2.05) is 73.1 Å². The zero-order valence-electron chi connectivity index (χ0n) is 18.0. The number of ether oxygens (including phenoxy) is 1. The number of rotatable bonds is 5. The van der Waals surface area contributed by atoms with E-state index in [4.69, 9.17) is 10.5 Å². The van der Waals surface area contributed by atoms with Gasteiger partial charge in [0.05, 0.1) is 28.1 Å². The van der Waals surface area contributed by atoms with Gasteiger partial charge in [-0.25, -0.2) is 4.98 Å². The molecule has 0 aliphatic carbocycles. The van der Waals surface area contributed by atoms with Crippen molar-refractivity contribution in [3.05, 3.63) is 102 Å². The Morgan fingerprint density at radius 2 is 1.56 bits per heavy atom. The molecule has 3 N–H and O–H groups in total. The third kappa shape index (κ3) is 3.88. The first-order valence-electron chi connectivity index (χ1n) is 10.5. The number of nitrogens with one attached hydrogen (secondary N) is 1. The molecule has 5 heteroatoms. The van der Waals surface area contributed by atoms with Crippen LogP contribution >= 0.6 is 0 Å². The smallest absolute Gasteiger partial charge is 0.129 e. The predicted molar refractivity (Wildman–Crippen MR) is 131 cm³/mol. The van der Waals surface area contributed by atoms with Gasteiger partial charge in [0.15, 0.2) is 0 Å². The molecule has 0 fully saturated rings. The van der Waals surface area contributed by atoms with Gasteiger partial charge in [-0.15, -0.1) is 0 Å². The Bertz CT molecular complexity index is 1420. The molecule has 0 spiro atoms. The van der Waals surface area contributed by atoms with Crippen molar-refractivity contribution >= 4 is 28.1 Å². The van der Waals surface area contributed by atoms with E-state index in [1.165, 1.54) is 11.1 Å². The molecule has 5 nitrogen and oxygen atoms in total. The molecule has 1 aromatic heterocycles. The summed E-state index contributed by atoms with van der Waals surface area (Å²) >= 11 is 0. The van der Waals surface area contributed by atoms with Crippen LogP contribution in [0.4, 0.5) is 17.1 Å². The molecule has 0 atom stereocenters. The van der Waals surface area contributed by atoms with Gasteiger partial charge in [0.2, 0.25) is 0 Å². The number of benzene rings is 4. The number of aromatic nitrogens is 2. The highest BCUT2D eigenvalue weighted by Crippen LogP contribution is 2.30. The molecule has 32 heavy (non-hydrogen) atoms. The molecule has 0 saturated heterocycles. The van der Waals surface area contributed by atoms with Crippen LogP contribution in [0.15, 0.2) is 91.3 Å². The second-order valence-electron chi connectivity index (χ2n) is 7.88. The van der Waals surface area contributed by atoms with E-state index in [9.17, 15) is 0 Å². The summed E-state index contributed by atoms with van der Waals surface area (Å²) < 4.78 is 8.26. The van der Waals surface area contributed by atoms with Crippen LogP contribution in [0.1, 0.15) is 11.1 Å². The molecule has 0 aliphatic rings. The highest BCUT2D eigenvalue weighted by atomic mass is 16.5. The zero-order valence-corrected chi connectivity index (χ0v) is 18.0. The lowest BCUT2D eigenvalue weighted by molar-refractivity contribution is 0.483. The van der Waals surface area contributed by atoms with E-state index < -0.39 is 0 Å². The standard InChI is InChI=1S/C27H24N4O/c1-18-13-26-27(14-19(18)2)31(17-29-26)21-8-6-10-23(16-21)32-22-9-5-7-20(15-22)30-25-12-4-3-11-24(25)28/h3-17,30H,28H2,1-2H3. The van der Waals surface area contributed by atoms with Gasteiger partial charge in [-0.3, -0.25) is 4.57 Å². The number of nitrogen functional groups attached to an aromatic ring is 1. The Morgan fingerprint density at radius 1 is 0.812 bits per heavy atom. The molecular formula is C27H24N4O. The number of hydrogen-bond acceptors (Lipinski definition) is 4. The fourth-order valence-electron chi connectivity index (χ4n) is 3.71. The minimum absolute atomic E-state index is 0.699. The number of nitrogens with zero attached hydrogens (tertiary/aromatic N) is 2. The van der Waals surface area contributed by atoms with Crippen LogP contribution in [0.2, 0.25) is 0 Å². The van der Waals surface area contributed by atoms with Gasteiger partial charge in [-0.1, -0.05) is 24.3 Å². The quantitative estimate of drug-likeness (QED) is 0.308. The van der Waals surface area contributed by atoms with Gasteiger partial charge in [0.1, 0.15) is 17.8 Å². The van der Waals surface area contributed by atoms with Crippen LogP contribution in [-0.2, 0) is 0 Å². The van der Waals surface area contributed by atoms with E-state index in [0.717, 1.165) is 39.6 Å². The highest BCUT2D eigenvalue weighted by molar-refractivity contribution is 5.79. The Hall–Kier alpha value is -4.25. The van der Waals surface area contributed by atoms with Crippen molar-refractivity contribution in [1.29, 1.82) is 0 Å². The number of nitrogens with two attached hydrogens (primary N) is 1. The van der Waals surface area contributed by atoms with Gasteiger partial charge in [0.25, 0.3) is 0 Å². The van der Waals surface area contributed by atoms with E-state index in [0.29, 0.717) is 5.69 Å². The minimum atomic E-state index is 0.699. The normalized spacial score (nSPS) is 10.9. The fourth-order valence-corrected chi connectivity index (χ4v) is 3.71. The van der Waals surface area contributed by atoms with Crippen molar-refractivity contribution in [2.24, 2.45) is 0 Å². The van der Waals surface area contributed by atoms with Gasteiger partial charge < -0.3 is 15.8 Å². The van der Waals surface area contributed by atoms with E-state index in [-0.39, 0.29) is 0 Å². The summed E-state index contributed by atoms with van der Waals surface area (Å²) in [7, 11) is 0. The zero-order chi connectivity index (χ0) is 22.1. The molecule has 5 rings (SSSR count). The summed E-state index contributed by atoms with van der Waals surface area (Å²) in [6, 6.07) is 27.8. The van der Waals surface area contributed by atoms with Crippen molar-refractivity contribution in [3.8, 4) is 17.2 Å². The Balaban J connectivity index is 1.41. The average Bonchev–Trinajstić information content (AvgIpc) is 3.19. The van der Waals surface area contributed by atoms with Crippen molar-refractivity contribution in [2.75, 3.05) is 11.1 Å². The molecular weight excluding hydrogens is 396 g/mol. The minimum Gasteiger partial charge on any atom is -0.457 e. The first-order valence-corrected chi connectivity index (χ1v) is 10.5. The summed E-state index contributed by atoms with van der Waals surface area (Å²) in [4.78, 5) is 4.57. The summed E-state index contributed by atoms with van der Waals surface area (Å²) in [6.07, 6.45) is 1.86. The van der Waals surface area contributed by atoms with Gasteiger partial charge in [-0.05, 0) is 73.5 Å². The second kappa shape index (κ2) is 8.12. The molecule has 0 radical (unpaired) electrons. The van der Waals surface area contributed by atoms with Crippen molar-refractivity contribution in [2.45, 2.75) is 13.8 Å². The molecule has 158 valence electrons. The second-order valence-corrected chi connectivity index (χ2v) is 7.88. The fraction of sp³-hybridized carbons (Fsp3) is 0.0741. The number of fused-ring (bicyclic) bond motifs is 1. The number of hydrogen-bond donors (Lipinski definition) is 2. The van der Waals surface area contributed by atoms with Crippen LogP contribution in [0.5, 0.6) is 11.5 Å². The maximum absolute atomic E-state index is 6.18. The molecule has 0 aliphatic heterocycles. The predicted octanol–water partition coefficient (Wildman–Crippen LogP) is 6.76. The lowest BCUT2D eigenvalue weighted by atomic mass is 10.1. The molecule has 0 unspecified atom stereocenters. The summed E-state index contributed by atoms with van der Waals surface area (Å²) in [5.41, 5.74) is 14.1. The number of imidazole rings is 1. The largest absolute Gasteiger partial charge is 0.457 e. The molecule has 4 aromatic carbocycles. The van der Waals surface area contributed by atoms with Crippen molar-refractivity contribution < 1.29 is 4.74 Å².